The van der Waals surface area contributed by atoms with Gasteiger partial charge in [0.25, 0.3) is 0 Å². The molecule has 1 aliphatic heterocycles. The molecule has 1 atom stereocenters. The molecule has 1 saturated heterocycles. The van der Waals surface area contributed by atoms with Crippen LogP contribution in [0.15, 0.2) is 6.07 Å². The van der Waals surface area contributed by atoms with Crippen LogP contribution in [0, 0.1) is 6.92 Å². The van der Waals surface area contributed by atoms with Crippen LogP contribution in [0.3, 0.4) is 0 Å². The van der Waals surface area contributed by atoms with Gasteiger partial charge < -0.3 is 10.6 Å². The van der Waals surface area contributed by atoms with Crippen LogP contribution in [0.5, 0.6) is 0 Å². The number of rotatable bonds is 3. The van der Waals surface area contributed by atoms with Gasteiger partial charge in [-0.05, 0) is 26.5 Å². The van der Waals surface area contributed by atoms with Crippen molar-refractivity contribution in [2.24, 2.45) is 5.73 Å². The Kier molecular flexibility index (Phi) is 4.14. The first-order valence-electron chi connectivity index (χ1n) is 6.63. The molecule has 2 rings (SSSR count). The Bertz CT molecular complexity index is 406. The molecule has 1 aliphatic rings. The zero-order valence-corrected chi connectivity index (χ0v) is 11.6. The highest BCUT2D eigenvalue weighted by atomic mass is 15.3. The maximum Gasteiger partial charge on any atom is 0.225 e. The largest absolute Gasteiger partial charge is 0.338 e. The van der Waals surface area contributed by atoms with Gasteiger partial charge in [0.05, 0.1) is 5.69 Å². The van der Waals surface area contributed by atoms with Crippen LogP contribution in [0.4, 0.5) is 5.95 Å². The standard InChI is InChI=1S/C13H23N5/c1-4-12-9-18(6-5-17(12)3)13-15-10(2)7-11(8-14)16-13/h7,12H,4-6,8-9,14H2,1-3H3. The van der Waals surface area contributed by atoms with Crippen LogP contribution < -0.4 is 10.6 Å². The second kappa shape index (κ2) is 5.63. The van der Waals surface area contributed by atoms with E-state index in [9.17, 15) is 0 Å². The van der Waals surface area contributed by atoms with Gasteiger partial charge in [0.15, 0.2) is 0 Å². The molecular formula is C13H23N5. The summed E-state index contributed by atoms with van der Waals surface area (Å²) < 4.78 is 0. The maximum atomic E-state index is 5.68. The van der Waals surface area contributed by atoms with Crippen molar-refractivity contribution in [3.05, 3.63) is 17.5 Å². The normalized spacial score (nSPS) is 21.3. The first kappa shape index (κ1) is 13.2. The number of piperazine rings is 1. The lowest BCUT2D eigenvalue weighted by atomic mass is 10.1. The van der Waals surface area contributed by atoms with Crippen molar-refractivity contribution < 1.29 is 0 Å². The Morgan fingerprint density at radius 1 is 1.39 bits per heavy atom. The van der Waals surface area contributed by atoms with Gasteiger partial charge in [-0.1, -0.05) is 6.92 Å². The summed E-state index contributed by atoms with van der Waals surface area (Å²) in [7, 11) is 2.19. The van der Waals surface area contributed by atoms with E-state index in [2.05, 4.69) is 33.7 Å². The molecule has 1 aromatic rings. The summed E-state index contributed by atoms with van der Waals surface area (Å²) in [4.78, 5) is 13.8. The third-order valence-electron chi connectivity index (χ3n) is 3.64. The summed E-state index contributed by atoms with van der Waals surface area (Å²) in [6.45, 7) is 7.75. The quantitative estimate of drug-likeness (QED) is 0.857. The van der Waals surface area contributed by atoms with E-state index < -0.39 is 0 Å². The number of aromatic nitrogens is 2. The Labute approximate surface area is 109 Å². The smallest absolute Gasteiger partial charge is 0.225 e. The van der Waals surface area contributed by atoms with Crippen LogP contribution in [0.1, 0.15) is 24.7 Å². The summed E-state index contributed by atoms with van der Waals surface area (Å²) >= 11 is 0. The van der Waals surface area contributed by atoms with E-state index in [1.165, 1.54) is 0 Å². The van der Waals surface area contributed by atoms with Crippen LogP contribution in [0.25, 0.3) is 0 Å². The number of aryl methyl sites for hydroxylation is 1. The highest BCUT2D eigenvalue weighted by Gasteiger charge is 2.24. The Balaban J connectivity index is 2.18. The fraction of sp³-hybridized carbons (Fsp3) is 0.692. The molecule has 0 aliphatic carbocycles. The van der Waals surface area contributed by atoms with Gasteiger partial charge in [0, 0.05) is 37.9 Å². The second-order valence-electron chi connectivity index (χ2n) is 4.99. The fourth-order valence-electron chi connectivity index (χ4n) is 2.43. The molecule has 18 heavy (non-hydrogen) atoms. The first-order chi connectivity index (χ1) is 8.63. The molecule has 2 N–H and O–H groups in total. The highest BCUT2D eigenvalue weighted by molar-refractivity contribution is 5.33. The molecule has 0 bridgehead atoms. The van der Waals surface area contributed by atoms with Crippen molar-refractivity contribution in [2.45, 2.75) is 32.9 Å². The Morgan fingerprint density at radius 3 is 2.83 bits per heavy atom. The first-order valence-corrected chi connectivity index (χ1v) is 6.63. The third-order valence-corrected chi connectivity index (χ3v) is 3.64. The minimum atomic E-state index is 0.474. The van der Waals surface area contributed by atoms with E-state index in [0.717, 1.165) is 43.4 Å². The summed E-state index contributed by atoms with van der Waals surface area (Å²) in [5.74, 6) is 0.835. The van der Waals surface area contributed by atoms with E-state index in [4.69, 9.17) is 5.73 Å². The lowest BCUT2D eigenvalue weighted by Gasteiger charge is -2.39. The second-order valence-corrected chi connectivity index (χ2v) is 4.99. The maximum absolute atomic E-state index is 5.68. The van der Waals surface area contributed by atoms with Crippen molar-refractivity contribution in [1.29, 1.82) is 0 Å². The molecule has 2 heterocycles. The predicted octanol–water partition coefficient (Wildman–Crippen LogP) is 0.774. The molecule has 0 spiro atoms. The molecule has 1 fully saturated rings. The number of hydrogen-bond donors (Lipinski definition) is 1. The Morgan fingerprint density at radius 2 is 2.17 bits per heavy atom. The lowest BCUT2D eigenvalue weighted by molar-refractivity contribution is 0.212. The lowest BCUT2D eigenvalue weighted by Crippen LogP contribution is -2.51. The predicted molar refractivity (Wildman–Crippen MR) is 73.6 cm³/mol. The van der Waals surface area contributed by atoms with Crippen molar-refractivity contribution in [2.75, 3.05) is 31.6 Å². The van der Waals surface area contributed by atoms with Crippen LogP contribution >= 0.6 is 0 Å². The van der Waals surface area contributed by atoms with Crippen molar-refractivity contribution in [3.63, 3.8) is 0 Å². The number of nitrogens with zero attached hydrogens (tertiary/aromatic N) is 4. The van der Waals surface area contributed by atoms with Crippen molar-refractivity contribution in [1.82, 2.24) is 14.9 Å². The number of likely N-dealkylation sites (N-methyl/N-ethyl adjacent to an activating group) is 1. The van der Waals surface area contributed by atoms with Gasteiger partial charge in [-0.25, -0.2) is 9.97 Å². The number of anilines is 1. The average molecular weight is 249 g/mol. The topological polar surface area (TPSA) is 58.3 Å². The molecule has 0 saturated carbocycles. The number of nitrogens with two attached hydrogens (primary N) is 1. The summed E-state index contributed by atoms with van der Waals surface area (Å²) in [6, 6.07) is 2.54. The molecule has 1 unspecified atom stereocenters. The molecule has 1 aromatic heterocycles. The monoisotopic (exact) mass is 249 g/mol. The minimum Gasteiger partial charge on any atom is -0.338 e. The Hall–Kier alpha value is -1.20. The molecular weight excluding hydrogens is 226 g/mol. The summed E-state index contributed by atoms with van der Waals surface area (Å²) in [6.07, 6.45) is 1.16. The fourth-order valence-corrected chi connectivity index (χ4v) is 2.43. The zero-order chi connectivity index (χ0) is 13.1. The van der Waals surface area contributed by atoms with Crippen LogP contribution in [0.2, 0.25) is 0 Å². The minimum absolute atomic E-state index is 0.474. The summed E-state index contributed by atoms with van der Waals surface area (Å²) in [5.41, 5.74) is 7.59. The molecule has 0 aromatic carbocycles. The zero-order valence-electron chi connectivity index (χ0n) is 11.6. The van der Waals surface area contributed by atoms with Gasteiger partial charge in [-0.2, -0.15) is 0 Å². The van der Waals surface area contributed by atoms with Crippen LogP contribution in [-0.4, -0.2) is 47.6 Å². The van der Waals surface area contributed by atoms with E-state index in [1.54, 1.807) is 0 Å². The van der Waals surface area contributed by atoms with E-state index in [-0.39, 0.29) is 0 Å². The molecule has 0 radical (unpaired) electrons. The highest BCUT2D eigenvalue weighted by Crippen LogP contribution is 2.17. The van der Waals surface area contributed by atoms with E-state index in [1.807, 2.05) is 13.0 Å². The number of hydrogen-bond acceptors (Lipinski definition) is 5. The average Bonchev–Trinajstić information content (AvgIpc) is 2.38. The molecule has 100 valence electrons. The van der Waals surface area contributed by atoms with Gasteiger partial charge in [0.2, 0.25) is 5.95 Å². The van der Waals surface area contributed by atoms with Gasteiger partial charge in [-0.15, -0.1) is 0 Å². The summed E-state index contributed by atoms with van der Waals surface area (Å²) in [5, 5.41) is 0. The molecule has 5 nitrogen and oxygen atoms in total. The molecule has 0 amide bonds. The van der Waals surface area contributed by atoms with Crippen LogP contribution in [-0.2, 0) is 6.54 Å². The van der Waals surface area contributed by atoms with Gasteiger partial charge in [-0.3, -0.25) is 4.90 Å². The van der Waals surface area contributed by atoms with Crippen molar-refractivity contribution >= 4 is 5.95 Å². The van der Waals surface area contributed by atoms with Gasteiger partial charge >= 0.3 is 0 Å². The van der Waals surface area contributed by atoms with Gasteiger partial charge in [0.1, 0.15) is 0 Å². The third kappa shape index (κ3) is 2.79. The van der Waals surface area contributed by atoms with Crippen molar-refractivity contribution in [3.8, 4) is 0 Å². The SMILES string of the molecule is CCC1CN(c2nc(C)cc(CN)n2)CCN1C. The van der Waals surface area contributed by atoms with E-state index >= 15 is 0 Å². The molecule has 5 heteroatoms. The van der Waals surface area contributed by atoms with E-state index in [0.29, 0.717) is 12.6 Å².